The maximum absolute atomic E-state index is 5.33. The van der Waals surface area contributed by atoms with Gasteiger partial charge in [0.2, 0.25) is 5.89 Å². The lowest BCUT2D eigenvalue weighted by Crippen LogP contribution is -1.85. The van der Waals surface area contributed by atoms with E-state index < -0.39 is 0 Å². The summed E-state index contributed by atoms with van der Waals surface area (Å²) in [5, 5.41) is 9.69. The van der Waals surface area contributed by atoms with Crippen LogP contribution in [0.25, 0.3) is 10.8 Å². The van der Waals surface area contributed by atoms with E-state index in [0.717, 1.165) is 4.88 Å². The summed E-state index contributed by atoms with van der Waals surface area (Å²) in [6.07, 6.45) is 0. The molecule has 0 unspecified atom stereocenters. The molecule has 0 saturated heterocycles. The Morgan fingerprint density at radius 3 is 3.15 bits per heavy atom. The van der Waals surface area contributed by atoms with Crippen LogP contribution in [0.4, 0.5) is 0 Å². The van der Waals surface area contributed by atoms with Gasteiger partial charge in [-0.1, -0.05) is 6.07 Å². The summed E-state index contributed by atoms with van der Waals surface area (Å²) in [7, 11) is 1.59. The fraction of sp³-hybridized carbons (Fsp3) is 0.250. The Kier molecular flexibility index (Phi) is 2.37. The van der Waals surface area contributed by atoms with E-state index in [-0.39, 0.29) is 0 Å². The van der Waals surface area contributed by atoms with Gasteiger partial charge >= 0.3 is 0 Å². The highest BCUT2D eigenvalue weighted by atomic mass is 32.1. The minimum absolute atomic E-state index is 0.359. The van der Waals surface area contributed by atoms with Crippen LogP contribution in [-0.2, 0) is 11.3 Å². The van der Waals surface area contributed by atoms with Crippen LogP contribution in [0.5, 0.6) is 0 Å². The molecule has 0 atom stereocenters. The van der Waals surface area contributed by atoms with E-state index in [0.29, 0.717) is 18.4 Å². The highest BCUT2D eigenvalue weighted by Crippen LogP contribution is 2.22. The van der Waals surface area contributed by atoms with Crippen LogP contribution in [0.15, 0.2) is 21.9 Å². The van der Waals surface area contributed by atoms with Gasteiger partial charge in [-0.2, -0.15) is 0 Å². The van der Waals surface area contributed by atoms with Gasteiger partial charge < -0.3 is 9.15 Å². The van der Waals surface area contributed by atoms with Crippen molar-refractivity contribution in [1.29, 1.82) is 0 Å². The molecule has 4 nitrogen and oxygen atoms in total. The lowest BCUT2D eigenvalue weighted by atomic mass is 10.5. The molecule has 2 aromatic rings. The van der Waals surface area contributed by atoms with Crippen molar-refractivity contribution in [2.45, 2.75) is 6.61 Å². The Hall–Kier alpha value is -1.20. The van der Waals surface area contributed by atoms with Gasteiger partial charge in [-0.15, -0.1) is 21.5 Å². The largest absolute Gasteiger partial charge is 0.417 e. The molecule has 0 fully saturated rings. The second-order valence-corrected chi connectivity index (χ2v) is 3.36. The van der Waals surface area contributed by atoms with Gasteiger partial charge in [0.1, 0.15) is 6.61 Å². The van der Waals surface area contributed by atoms with Crippen molar-refractivity contribution in [2.75, 3.05) is 7.11 Å². The Labute approximate surface area is 79.2 Å². The third-order valence-electron chi connectivity index (χ3n) is 1.47. The molecular formula is C8H8N2O2S. The summed E-state index contributed by atoms with van der Waals surface area (Å²) in [6, 6.07) is 3.88. The Morgan fingerprint density at radius 1 is 1.54 bits per heavy atom. The first kappa shape index (κ1) is 8.40. The van der Waals surface area contributed by atoms with E-state index >= 15 is 0 Å². The molecule has 0 aliphatic rings. The van der Waals surface area contributed by atoms with Crippen LogP contribution in [0.2, 0.25) is 0 Å². The fourth-order valence-electron chi connectivity index (χ4n) is 0.935. The molecule has 0 bridgehead atoms. The summed E-state index contributed by atoms with van der Waals surface area (Å²) >= 11 is 1.57. The SMILES string of the molecule is COCc1nnc(-c2cccs2)o1. The predicted molar refractivity (Wildman–Crippen MR) is 48.3 cm³/mol. The molecule has 2 rings (SSSR count). The summed E-state index contributed by atoms with van der Waals surface area (Å²) in [6.45, 7) is 0.359. The van der Waals surface area contributed by atoms with Gasteiger partial charge in [0.15, 0.2) is 0 Å². The molecule has 2 heterocycles. The lowest BCUT2D eigenvalue weighted by molar-refractivity contribution is 0.160. The molecule has 0 aliphatic carbocycles. The van der Waals surface area contributed by atoms with Gasteiger partial charge in [-0.3, -0.25) is 0 Å². The van der Waals surface area contributed by atoms with Crippen LogP contribution >= 0.6 is 11.3 Å². The average molecular weight is 196 g/mol. The molecule has 5 heteroatoms. The Morgan fingerprint density at radius 2 is 2.46 bits per heavy atom. The van der Waals surface area contributed by atoms with Crippen molar-refractivity contribution in [2.24, 2.45) is 0 Å². The highest BCUT2D eigenvalue weighted by molar-refractivity contribution is 7.13. The molecule has 0 N–H and O–H groups in total. The molecule has 0 saturated carbocycles. The Bertz CT molecular complexity index is 369. The minimum atomic E-state index is 0.359. The van der Waals surface area contributed by atoms with Crippen molar-refractivity contribution in [3.8, 4) is 10.8 Å². The van der Waals surface area contributed by atoms with Crippen LogP contribution in [-0.4, -0.2) is 17.3 Å². The second-order valence-electron chi connectivity index (χ2n) is 2.41. The van der Waals surface area contributed by atoms with E-state index in [9.17, 15) is 0 Å². The van der Waals surface area contributed by atoms with E-state index in [2.05, 4.69) is 10.2 Å². The maximum atomic E-state index is 5.33. The van der Waals surface area contributed by atoms with Gasteiger partial charge in [-0.05, 0) is 11.4 Å². The molecule has 68 valence electrons. The van der Waals surface area contributed by atoms with Crippen molar-refractivity contribution in [1.82, 2.24) is 10.2 Å². The summed E-state index contributed by atoms with van der Waals surface area (Å²) in [5.41, 5.74) is 0. The van der Waals surface area contributed by atoms with Crippen molar-refractivity contribution in [3.63, 3.8) is 0 Å². The van der Waals surface area contributed by atoms with Crippen LogP contribution in [0.1, 0.15) is 5.89 Å². The number of rotatable bonds is 3. The van der Waals surface area contributed by atoms with E-state index in [1.54, 1.807) is 18.4 Å². The topological polar surface area (TPSA) is 48.2 Å². The monoisotopic (exact) mass is 196 g/mol. The zero-order valence-corrected chi connectivity index (χ0v) is 7.87. The first-order chi connectivity index (χ1) is 6.40. The third kappa shape index (κ3) is 1.76. The fourth-order valence-corrected chi connectivity index (χ4v) is 1.58. The number of nitrogens with zero attached hydrogens (tertiary/aromatic N) is 2. The standard InChI is InChI=1S/C8H8N2O2S/c1-11-5-7-9-10-8(12-7)6-3-2-4-13-6/h2-4H,5H2,1H3. The summed E-state index contributed by atoms with van der Waals surface area (Å²) in [4.78, 5) is 0.981. The first-order valence-electron chi connectivity index (χ1n) is 3.75. The van der Waals surface area contributed by atoms with Crippen molar-refractivity contribution >= 4 is 11.3 Å². The molecule has 0 radical (unpaired) electrons. The van der Waals surface area contributed by atoms with Gasteiger partial charge in [-0.25, -0.2) is 0 Å². The zero-order chi connectivity index (χ0) is 9.10. The van der Waals surface area contributed by atoms with Crippen LogP contribution in [0.3, 0.4) is 0 Å². The van der Waals surface area contributed by atoms with Crippen LogP contribution < -0.4 is 0 Å². The number of methoxy groups -OCH3 is 1. The molecule has 0 amide bonds. The van der Waals surface area contributed by atoms with Crippen molar-refractivity contribution in [3.05, 3.63) is 23.4 Å². The summed E-state index contributed by atoms with van der Waals surface area (Å²) < 4.78 is 10.2. The summed E-state index contributed by atoms with van der Waals surface area (Å²) in [5.74, 6) is 1.06. The average Bonchev–Trinajstić information content (AvgIpc) is 2.70. The number of hydrogen-bond acceptors (Lipinski definition) is 5. The van der Waals surface area contributed by atoms with Crippen molar-refractivity contribution < 1.29 is 9.15 Å². The van der Waals surface area contributed by atoms with Gasteiger partial charge in [0.05, 0.1) is 4.88 Å². The first-order valence-corrected chi connectivity index (χ1v) is 4.63. The molecule has 13 heavy (non-hydrogen) atoms. The lowest BCUT2D eigenvalue weighted by Gasteiger charge is -1.88. The van der Waals surface area contributed by atoms with E-state index in [4.69, 9.17) is 9.15 Å². The molecule has 0 aromatic carbocycles. The zero-order valence-electron chi connectivity index (χ0n) is 7.06. The van der Waals surface area contributed by atoms with Gasteiger partial charge in [0.25, 0.3) is 5.89 Å². The molecule has 2 aromatic heterocycles. The molecule has 0 spiro atoms. The molecule has 0 aliphatic heterocycles. The van der Waals surface area contributed by atoms with E-state index in [1.807, 2.05) is 17.5 Å². The highest BCUT2D eigenvalue weighted by Gasteiger charge is 2.07. The quantitative estimate of drug-likeness (QED) is 0.752. The normalized spacial score (nSPS) is 10.5. The second kappa shape index (κ2) is 3.68. The van der Waals surface area contributed by atoms with E-state index in [1.165, 1.54) is 0 Å². The number of ether oxygens (including phenoxy) is 1. The number of thiophene rings is 1. The third-order valence-corrected chi connectivity index (χ3v) is 2.32. The maximum Gasteiger partial charge on any atom is 0.257 e. The Balaban J connectivity index is 2.23. The predicted octanol–water partition coefficient (Wildman–Crippen LogP) is 1.94. The number of hydrogen-bond donors (Lipinski definition) is 0. The number of aromatic nitrogens is 2. The smallest absolute Gasteiger partial charge is 0.257 e. The molecular weight excluding hydrogens is 188 g/mol. The minimum Gasteiger partial charge on any atom is -0.417 e. The van der Waals surface area contributed by atoms with Gasteiger partial charge in [0, 0.05) is 7.11 Å². The van der Waals surface area contributed by atoms with Crippen LogP contribution in [0, 0.1) is 0 Å².